The minimum absolute atomic E-state index is 0.658. The van der Waals surface area contributed by atoms with E-state index in [0.717, 1.165) is 31.5 Å². The summed E-state index contributed by atoms with van der Waals surface area (Å²) >= 11 is 1.61. The van der Waals surface area contributed by atoms with Crippen LogP contribution < -0.4 is 5.32 Å². The maximum atomic E-state index is 11.3. The summed E-state index contributed by atoms with van der Waals surface area (Å²) in [7, 11) is 0. The van der Waals surface area contributed by atoms with E-state index < -0.39 is 11.5 Å². The van der Waals surface area contributed by atoms with Gasteiger partial charge in [-0.05, 0) is 39.2 Å². The highest BCUT2D eigenvalue weighted by Crippen LogP contribution is 2.27. The lowest BCUT2D eigenvalue weighted by atomic mass is 9.91. The number of rotatable bonds is 4. The second-order valence-electron chi connectivity index (χ2n) is 4.28. The second-order valence-corrected chi connectivity index (χ2v) is 5.22. The topological polar surface area (TPSA) is 62.2 Å². The molecule has 0 spiro atoms. The van der Waals surface area contributed by atoms with Gasteiger partial charge in [-0.2, -0.15) is 0 Å². The molecule has 0 bridgehead atoms. The molecule has 0 aromatic carbocycles. The Bertz CT molecular complexity index is 383. The highest BCUT2D eigenvalue weighted by atomic mass is 32.1. The van der Waals surface area contributed by atoms with E-state index in [1.54, 1.807) is 11.3 Å². The van der Waals surface area contributed by atoms with Gasteiger partial charge in [0.1, 0.15) is 5.54 Å². The molecule has 0 aliphatic carbocycles. The maximum Gasteiger partial charge on any atom is 0.323 e. The van der Waals surface area contributed by atoms with Crippen LogP contribution in [0.2, 0.25) is 0 Å². The Labute approximate surface area is 98.7 Å². The predicted octanol–water partition coefficient (Wildman–Crippen LogP) is 1.59. The molecule has 1 saturated heterocycles. The summed E-state index contributed by atoms with van der Waals surface area (Å²) in [6.45, 7) is 2.79. The van der Waals surface area contributed by atoms with Gasteiger partial charge in [-0.1, -0.05) is 0 Å². The van der Waals surface area contributed by atoms with Gasteiger partial charge in [0.05, 0.1) is 11.2 Å². The predicted molar refractivity (Wildman–Crippen MR) is 62.8 cm³/mol. The van der Waals surface area contributed by atoms with Crippen LogP contribution in [-0.2, 0) is 11.2 Å². The first-order valence-corrected chi connectivity index (χ1v) is 6.39. The molecule has 5 heteroatoms. The van der Waals surface area contributed by atoms with Crippen molar-refractivity contribution in [3.8, 4) is 0 Å². The Morgan fingerprint density at radius 3 is 3.06 bits per heavy atom. The number of aliphatic carboxylic acids is 1. The summed E-state index contributed by atoms with van der Waals surface area (Å²) in [5, 5.41) is 12.4. The quantitative estimate of drug-likeness (QED) is 0.839. The number of nitrogens with zero attached hydrogens (tertiary/aromatic N) is 1. The minimum Gasteiger partial charge on any atom is -0.480 e. The van der Waals surface area contributed by atoms with Gasteiger partial charge in [0.2, 0.25) is 0 Å². The van der Waals surface area contributed by atoms with E-state index in [1.165, 1.54) is 4.88 Å². The van der Waals surface area contributed by atoms with Gasteiger partial charge in [0.15, 0.2) is 0 Å². The van der Waals surface area contributed by atoms with Crippen molar-refractivity contribution in [2.24, 2.45) is 0 Å². The molecule has 0 amide bonds. The van der Waals surface area contributed by atoms with Crippen LogP contribution in [0.25, 0.3) is 0 Å². The van der Waals surface area contributed by atoms with Crippen molar-refractivity contribution in [2.75, 3.05) is 6.54 Å². The van der Waals surface area contributed by atoms with E-state index in [1.807, 2.05) is 12.4 Å². The van der Waals surface area contributed by atoms with Gasteiger partial charge < -0.3 is 10.4 Å². The van der Waals surface area contributed by atoms with Crippen LogP contribution in [0.5, 0.6) is 0 Å². The summed E-state index contributed by atoms with van der Waals surface area (Å²) in [6.07, 6.45) is 3.15. The lowest BCUT2D eigenvalue weighted by Crippen LogP contribution is -2.47. The lowest BCUT2D eigenvalue weighted by molar-refractivity contribution is -0.144. The zero-order chi connectivity index (χ0) is 11.6. The number of carboxylic acid groups (broad SMARTS) is 1. The molecule has 1 aromatic heterocycles. The van der Waals surface area contributed by atoms with Crippen molar-refractivity contribution in [3.05, 3.63) is 16.1 Å². The molecule has 0 radical (unpaired) electrons. The van der Waals surface area contributed by atoms with E-state index in [9.17, 15) is 9.90 Å². The fraction of sp³-hybridized carbons (Fsp3) is 0.636. The SMILES string of the molecule is Cc1ncsc1CCC1(C(=O)O)CCCN1. The molecule has 1 aliphatic heterocycles. The molecule has 2 rings (SSSR count). The summed E-state index contributed by atoms with van der Waals surface area (Å²) in [6, 6.07) is 0. The van der Waals surface area contributed by atoms with E-state index in [-0.39, 0.29) is 0 Å². The van der Waals surface area contributed by atoms with Crippen LogP contribution in [0, 0.1) is 6.92 Å². The Morgan fingerprint density at radius 2 is 2.56 bits per heavy atom. The molecule has 4 nitrogen and oxygen atoms in total. The number of aryl methyl sites for hydroxylation is 2. The van der Waals surface area contributed by atoms with Crippen molar-refractivity contribution in [1.29, 1.82) is 0 Å². The largest absolute Gasteiger partial charge is 0.480 e. The highest BCUT2D eigenvalue weighted by molar-refractivity contribution is 7.09. The summed E-state index contributed by atoms with van der Waals surface area (Å²) in [5.41, 5.74) is 2.15. The maximum absolute atomic E-state index is 11.3. The fourth-order valence-corrected chi connectivity index (χ4v) is 2.98. The molecule has 2 heterocycles. The lowest BCUT2D eigenvalue weighted by Gasteiger charge is -2.24. The van der Waals surface area contributed by atoms with E-state index in [2.05, 4.69) is 10.3 Å². The zero-order valence-corrected chi connectivity index (χ0v) is 10.1. The van der Waals surface area contributed by atoms with Crippen LogP contribution >= 0.6 is 11.3 Å². The Balaban J connectivity index is 2.03. The molecule has 2 N–H and O–H groups in total. The Morgan fingerprint density at radius 1 is 1.75 bits per heavy atom. The smallest absolute Gasteiger partial charge is 0.323 e. The summed E-state index contributed by atoms with van der Waals surface area (Å²) in [4.78, 5) is 16.7. The first-order chi connectivity index (χ1) is 7.64. The van der Waals surface area contributed by atoms with E-state index >= 15 is 0 Å². The van der Waals surface area contributed by atoms with Crippen LogP contribution in [-0.4, -0.2) is 28.1 Å². The van der Waals surface area contributed by atoms with Gasteiger partial charge in [-0.3, -0.25) is 4.79 Å². The van der Waals surface area contributed by atoms with Gasteiger partial charge in [0.25, 0.3) is 0 Å². The minimum atomic E-state index is -0.716. The summed E-state index contributed by atoms with van der Waals surface area (Å²) in [5.74, 6) is -0.716. The number of aromatic nitrogens is 1. The molecule has 16 heavy (non-hydrogen) atoms. The van der Waals surface area contributed by atoms with Crippen molar-refractivity contribution < 1.29 is 9.90 Å². The Hall–Kier alpha value is -0.940. The number of thiazole rings is 1. The van der Waals surface area contributed by atoms with Crippen LogP contribution in [0.1, 0.15) is 29.8 Å². The van der Waals surface area contributed by atoms with E-state index in [4.69, 9.17) is 0 Å². The zero-order valence-electron chi connectivity index (χ0n) is 9.32. The standard InChI is InChI=1S/C11H16N2O2S/c1-8-9(16-7-12-8)3-5-11(10(14)15)4-2-6-13-11/h7,13H,2-6H2,1H3,(H,14,15). The molecule has 1 unspecified atom stereocenters. The van der Waals surface area contributed by atoms with Gasteiger partial charge >= 0.3 is 5.97 Å². The van der Waals surface area contributed by atoms with Crippen LogP contribution in [0.15, 0.2) is 5.51 Å². The van der Waals surface area contributed by atoms with Gasteiger partial charge in [0, 0.05) is 4.88 Å². The van der Waals surface area contributed by atoms with Crippen molar-refractivity contribution in [3.63, 3.8) is 0 Å². The average molecular weight is 240 g/mol. The van der Waals surface area contributed by atoms with Crippen molar-refractivity contribution in [1.82, 2.24) is 10.3 Å². The fourth-order valence-electron chi connectivity index (χ4n) is 2.20. The molecule has 1 atom stereocenters. The molecule has 1 aromatic rings. The molecule has 1 fully saturated rings. The highest BCUT2D eigenvalue weighted by Gasteiger charge is 2.40. The van der Waals surface area contributed by atoms with Crippen molar-refractivity contribution >= 4 is 17.3 Å². The molecular formula is C11H16N2O2S. The van der Waals surface area contributed by atoms with Gasteiger partial charge in [-0.25, -0.2) is 4.98 Å². The number of carboxylic acids is 1. The van der Waals surface area contributed by atoms with Crippen LogP contribution in [0.3, 0.4) is 0 Å². The average Bonchev–Trinajstić information content (AvgIpc) is 2.84. The summed E-state index contributed by atoms with van der Waals surface area (Å²) < 4.78 is 0. The third kappa shape index (κ3) is 2.10. The van der Waals surface area contributed by atoms with Crippen molar-refractivity contribution in [2.45, 2.75) is 38.1 Å². The number of carbonyl (C=O) groups is 1. The normalized spacial score (nSPS) is 24.8. The number of hydrogen-bond donors (Lipinski definition) is 2. The molecule has 0 saturated carbocycles. The van der Waals surface area contributed by atoms with Crippen LogP contribution in [0.4, 0.5) is 0 Å². The third-order valence-electron chi connectivity index (χ3n) is 3.28. The Kier molecular flexibility index (Phi) is 3.25. The first kappa shape index (κ1) is 11.5. The molecule has 1 aliphatic rings. The van der Waals surface area contributed by atoms with Gasteiger partial charge in [-0.15, -0.1) is 11.3 Å². The third-order valence-corrected chi connectivity index (χ3v) is 4.27. The monoisotopic (exact) mass is 240 g/mol. The second kappa shape index (κ2) is 4.51. The number of nitrogens with one attached hydrogen (secondary N) is 1. The molecular weight excluding hydrogens is 224 g/mol. The number of hydrogen-bond acceptors (Lipinski definition) is 4. The molecule has 88 valence electrons. The first-order valence-electron chi connectivity index (χ1n) is 5.51. The van der Waals surface area contributed by atoms with E-state index in [0.29, 0.717) is 6.42 Å².